The minimum Gasteiger partial charge on any atom is -0.497 e. The summed E-state index contributed by atoms with van der Waals surface area (Å²) in [6, 6.07) is 15.1. The van der Waals surface area contributed by atoms with E-state index in [1.807, 2.05) is 12.1 Å². The second-order valence-electron chi connectivity index (χ2n) is 7.49. The molecule has 7 nitrogen and oxygen atoms in total. The van der Waals surface area contributed by atoms with Gasteiger partial charge in [-0.1, -0.05) is 23.7 Å². The molecule has 8 heteroatoms. The lowest BCUT2D eigenvalue weighted by molar-refractivity contribution is 0.102. The second-order valence-corrected chi connectivity index (χ2v) is 7.92. The summed E-state index contributed by atoms with van der Waals surface area (Å²) >= 11 is 5.87. The summed E-state index contributed by atoms with van der Waals surface area (Å²) in [5, 5.41) is 3.41. The molecule has 1 N–H and O–H groups in total. The van der Waals surface area contributed by atoms with E-state index in [0.717, 1.165) is 38.5 Å². The Hall–Kier alpha value is -2.87. The smallest absolute Gasteiger partial charge is 0.277 e. The summed E-state index contributed by atoms with van der Waals surface area (Å²) in [5.74, 6) is 1.12. The van der Waals surface area contributed by atoms with Crippen LogP contribution in [0.15, 0.2) is 59.2 Å². The number of ether oxygens (including phenoxy) is 1. The summed E-state index contributed by atoms with van der Waals surface area (Å²) in [6.07, 6.45) is 1.40. The molecule has 0 radical (unpaired) electrons. The third-order valence-corrected chi connectivity index (χ3v) is 5.53. The first-order valence-electron chi connectivity index (χ1n) is 10.2. The molecule has 3 aromatic rings. The van der Waals surface area contributed by atoms with Crippen molar-refractivity contribution in [2.75, 3.05) is 38.6 Å². The molecule has 1 aliphatic heterocycles. The van der Waals surface area contributed by atoms with Gasteiger partial charge in [-0.3, -0.25) is 14.6 Å². The Morgan fingerprint density at radius 3 is 2.32 bits per heavy atom. The molecule has 2 heterocycles. The van der Waals surface area contributed by atoms with Crippen LogP contribution >= 0.6 is 11.6 Å². The molecule has 1 amide bonds. The van der Waals surface area contributed by atoms with E-state index in [-0.39, 0.29) is 11.6 Å². The molecule has 2 aromatic carbocycles. The number of methoxy groups -OCH3 is 1. The fraction of sp³-hybridized carbons (Fsp3) is 0.304. The van der Waals surface area contributed by atoms with Crippen molar-refractivity contribution < 1.29 is 13.9 Å². The summed E-state index contributed by atoms with van der Waals surface area (Å²) in [6.45, 7) is 5.29. The van der Waals surface area contributed by atoms with Crippen LogP contribution in [0.25, 0.3) is 0 Å². The van der Waals surface area contributed by atoms with Crippen LogP contribution in [0.1, 0.15) is 21.9 Å². The van der Waals surface area contributed by atoms with Gasteiger partial charge in [-0.05, 0) is 42.0 Å². The number of nitrogens with zero attached hydrogens (tertiary/aromatic N) is 3. The third kappa shape index (κ3) is 5.85. The van der Waals surface area contributed by atoms with Gasteiger partial charge in [-0.2, -0.15) is 0 Å². The Bertz CT molecular complexity index is 996. The van der Waals surface area contributed by atoms with Crippen molar-refractivity contribution in [1.82, 2.24) is 14.8 Å². The lowest BCUT2D eigenvalue weighted by Crippen LogP contribution is -2.45. The van der Waals surface area contributed by atoms with Gasteiger partial charge in [0.25, 0.3) is 5.91 Å². The molecule has 1 fully saturated rings. The van der Waals surface area contributed by atoms with E-state index >= 15 is 0 Å². The molecule has 4 rings (SSSR count). The molecule has 0 aliphatic carbocycles. The zero-order valence-electron chi connectivity index (χ0n) is 17.4. The number of piperazine rings is 1. The highest BCUT2D eigenvalue weighted by molar-refractivity contribution is 6.30. The number of rotatable bonds is 7. The number of hydrogen-bond acceptors (Lipinski definition) is 6. The topological polar surface area (TPSA) is 70.8 Å². The normalized spacial score (nSPS) is 15.0. The minimum absolute atomic E-state index is 0.267. The van der Waals surface area contributed by atoms with Gasteiger partial charge in [0.2, 0.25) is 5.89 Å². The monoisotopic (exact) mass is 440 g/mol. The maximum absolute atomic E-state index is 12.4. The van der Waals surface area contributed by atoms with Gasteiger partial charge in [-0.25, -0.2) is 4.98 Å². The highest BCUT2D eigenvalue weighted by Crippen LogP contribution is 2.17. The average molecular weight is 441 g/mol. The van der Waals surface area contributed by atoms with Crippen molar-refractivity contribution in [2.45, 2.75) is 13.1 Å². The van der Waals surface area contributed by atoms with Crippen LogP contribution in [-0.4, -0.2) is 54.0 Å². The van der Waals surface area contributed by atoms with E-state index in [0.29, 0.717) is 23.1 Å². The van der Waals surface area contributed by atoms with Crippen molar-refractivity contribution in [1.29, 1.82) is 0 Å². The van der Waals surface area contributed by atoms with Crippen molar-refractivity contribution in [2.24, 2.45) is 0 Å². The number of halogens is 1. The van der Waals surface area contributed by atoms with E-state index < -0.39 is 0 Å². The van der Waals surface area contributed by atoms with Crippen molar-refractivity contribution in [3.8, 4) is 5.75 Å². The summed E-state index contributed by atoms with van der Waals surface area (Å²) < 4.78 is 10.7. The first-order chi connectivity index (χ1) is 15.1. The third-order valence-electron chi connectivity index (χ3n) is 5.28. The molecular weight excluding hydrogens is 416 g/mol. The number of aromatic nitrogens is 1. The fourth-order valence-electron chi connectivity index (χ4n) is 3.50. The number of benzene rings is 2. The molecule has 0 unspecified atom stereocenters. The summed E-state index contributed by atoms with van der Waals surface area (Å²) in [7, 11) is 1.68. The van der Waals surface area contributed by atoms with Crippen LogP contribution in [0.2, 0.25) is 5.02 Å². The van der Waals surface area contributed by atoms with Crippen LogP contribution in [-0.2, 0) is 13.1 Å². The lowest BCUT2D eigenvalue weighted by Gasteiger charge is -2.34. The van der Waals surface area contributed by atoms with E-state index in [2.05, 4.69) is 32.2 Å². The molecular formula is C23H25ClN4O3. The van der Waals surface area contributed by atoms with Crippen LogP contribution in [0.5, 0.6) is 5.75 Å². The Labute approximate surface area is 186 Å². The van der Waals surface area contributed by atoms with Gasteiger partial charge in [0.05, 0.1) is 13.7 Å². The summed E-state index contributed by atoms with van der Waals surface area (Å²) in [5.41, 5.74) is 2.20. The minimum atomic E-state index is -0.304. The van der Waals surface area contributed by atoms with Crippen molar-refractivity contribution in [3.63, 3.8) is 0 Å². The number of anilines is 1. The molecule has 1 aromatic heterocycles. The number of hydrogen-bond donors (Lipinski definition) is 1. The SMILES string of the molecule is COc1ccc(CN2CCN(Cc3nc(C(=O)Nc4ccc(Cl)cc4)co3)CC2)cc1. The number of carbonyl (C=O) groups excluding carboxylic acids is 1. The highest BCUT2D eigenvalue weighted by atomic mass is 35.5. The number of carbonyl (C=O) groups is 1. The molecule has 0 spiro atoms. The van der Waals surface area contributed by atoms with Gasteiger partial charge in [-0.15, -0.1) is 0 Å². The highest BCUT2D eigenvalue weighted by Gasteiger charge is 2.20. The van der Waals surface area contributed by atoms with Crippen LogP contribution in [0.3, 0.4) is 0 Å². The Morgan fingerprint density at radius 2 is 1.68 bits per heavy atom. The quantitative estimate of drug-likeness (QED) is 0.600. The molecule has 31 heavy (non-hydrogen) atoms. The number of nitrogens with one attached hydrogen (secondary N) is 1. The molecule has 1 saturated heterocycles. The average Bonchev–Trinajstić information content (AvgIpc) is 3.26. The predicted octanol–water partition coefficient (Wildman–Crippen LogP) is 3.91. The largest absolute Gasteiger partial charge is 0.497 e. The Morgan fingerprint density at radius 1 is 1.03 bits per heavy atom. The standard InChI is InChI=1S/C23H25ClN4O3/c1-30-20-8-2-17(3-9-20)14-27-10-12-28(13-11-27)15-22-26-21(16-31-22)23(29)25-19-6-4-18(24)5-7-19/h2-9,16H,10-15H2,1H3,(H,25,29). The summed E-state index contributed by atoms with van der Waals surface area (Å²) in [4.78, 5) is 21.4. The zero-order chi connectivity index (χ0) is 21.6. The van der Waals surface area contributed by atoms with Gasteiger partial charge in [0.15, 0.2) is 5.69 Å². The molecule has 0 atom stereocenters. The van der Waals surface area contributed by atoms with E-state index in [9.17, 15) is 4.79 Å². The van der Waals surface area contributed by atoms with Gasteiger partial charge < -0.3 is 14.5 Å². The van der Waals surface area contributed by atoms with E-state index in [1.54, 1.807) is 31.4 Å². The maximum atomic E-state index is 12.4. The van der Waals surface area contributed by atoms with Gasteiger partial charge in [0.1, 0.15) is 12.0 Å². The van der Waals surface area contributed by atoms with E-state index in [1.165, 1.54) is 11.8 Å². The van der Waals surface area contributed by atoms with Gasteiger partial charge >= 0.3 is 0 Å². The van der Waals surface area contributed by atoms with Crippen molar-refractivity contribution >= 4 is 23.2 Å². The Kier molecular flexibility index (Phi) is 6.86. The van der Waals surface area contributed by atoms with Gasteiger partial charge in [0, 0.05) is 43.4 Å². The first-order valence-corrected chi connectivity index (χ1v) is 10.6. The van der Waals surface area contributed by atoms with Crippen LogP contribution < -0.4 is 10.1 Å². The van der Waals surface area contributed by atoms with Crippen molar-refractivity contribution in [3.05, 3.63) is 77.0 Å². The second kappa shape index (κ2) is 9.96. The Balaban J connectivity index is 1.24. The fourth-order valence-corrected chi connectivity index (χ4v) is 3.63. The lowest BCUT2D eigenvalue weighted by atomic mass is 10.2. The van der Waals surface area contributed by atoms with Crippen LogP contribution in [0, 0.1) is 0 Å². The predicted molar refractivity (Wildman–Crippen MR) is 119 cm³/mol. The van der Waals surface area contributed by atoms with E-state index in [4.69, 9.17) is 20.8 Å². The number of amides is 1. The van der Waals surface area contributed by atoms with Crippen LogP contribution in [0.4, 0.5) is 5.69 Å². The zero-order valence-corrected chi connectivity index (χ0v) is 18.1. The first kappa shape index (κ1) is 21.4. The maximum Gasteiger partial charge on any atom is 0.277 e. The molecule has 0 bridgehead atoms. The molecule has 162 valence electrons. The number of oxazole rings is 1. The molecule has 0 saturated carbocycles. The molecule has 1 aliphatic rings.